The first-order valence-corrected chi connectivity index (χ1v) is 4.90. The Bertz CT molecular complexity index is 567. The molecule has 0 aromatic heterocycles. The van der Waals surface area contributed by atoms with E-state index in [4.69, 9.17) is 0 Å². The van der Waals surface area contributed by atoms with E-state index >= 15 is 0 Å². The standard InChI is InChI=1S/C10F14/c11-1(3(13)5(15)7(17)9(19,20)21)2(12)4(14)6(16)8(18)10(22,23)24/b3-1+,4-2+,7-5+,8-6+. The smallest absolute Gasteiger partial charge is 0.200 e. The average Bonchev–Trinajstić information content (AvgIpc) is 2.46. The van der Waals surface area contributed by atoms with Gasteiger partial charge in [0.15, 0.2) is 0 Å². The van der Waals surface area contributed by atoms with Crippen LogP contribution in [0.3, 0.4) is 0 Å². The lowest BCUT2D eigenvalue weighted by molar-refractivity contribution is -0.111. The number of halogens is 14. The van der Waals surface area contributed by atoms with E-state index in [0.717, 1.165) is 0 Å². The molecule has 138 valence electrons. The Morgan fingerprint density at radius 1 is 0.333 bits per heavy atom. The summed E-state index contributed by atoms with van der Waals surface area (Å²) in [6.07, 6.45) is -12.5. The van der Waals surface area contributed by atoms with Crippen LogP contribution in [0, 0.1) is 0 Å². The average molecular weight is 386 g/mol. The van der Waals surface area contributed by atoms with Gasteiger partial charge in [0.1, 0.15) is 0 Å². The van der Waals surface area contributed by atoms with Crippen molar-refractivity contribution in [3.63, 3.8) is 0 Å². The Labute approximate surface area is 122 Å². The minimum absolute atomic E-state index is 3.69. The van der Waals surface area contributed by atoms with Gasteiger partial charge in [-0.05, 0) is 0 Å². The van der Waals surface area contributed by atoms with Crippen molar-refractivity contribution in [3.8, 4) is 0 Å². The molecule has 0 unspecified atom stereocenters. The van der Waals surface area contributed by atoms with E-state index in [1.54, 1.807) is 0 Å². The van der Waals surface area contributed by atoms with E-state index < -0.39 is 59.0 Å². The lowest BCUT2D eigenvalue weighted by atomic mass is 10.2. The summed E-state index contributed by atoms with van der Waals surface area (Å²) in [7, 11) is 0. The third kappa shape index (κ3) is 4.99. The fraction of sp³-hybridized carbons (Fsp3) is 0.200. The molecule has 0 rings (SSSR count). The molecule has 0 bridgehead atoms. The molecule has 0 aromatic carbocycles. The van der Waals surface area contributed by atoms with Gasteiger partial charge < -0.3 is 0 Å². The zero-order valence-corrected chi connectivity index (χ0v) is 10.3. The molecule has 0 atom stereocenters. The second-order valence-corrected chi connectivity index (χ2v) is 3.51. The van der Waals surface area contributed by atoms with Crippen LogP contribution in [0.5, 0.6) is 0 Å². The highest BCUT2D eigenvalue weighted by atomic mass is 19.4. The van der Waals surface area contributed by atoms with Crippen LogP contribution in [0.25, 0.3) is 0 Å². The predicted octanol–water partition coefficient (Wildman–Crippen LogP) is 6.71. The van der Waals surface area contributed by atoms with Crippen LogP contribution in [0.1, 0.15) is 0 Å². The molecule has 0 saturated carbocycles. The van der Waals surface area contributed by atoms with Gasteiger partial charge in [0.2, 0.25) is 46.6 Å². The van der Waals surface area contributed by atoms with Gasteiger partial charge in [-0.25, -0.2) is 26.3 Å². The number of hydrogen-bond donors (Lipinski definition) is 0. The highest BCUT2D eigenvalue weighted by Crippen LogP contribution is 2.39. The molecular formula is C10F14. The Kier molecular flexibility index (Phi) is 6.64. The van der Waals surface area contributed by atoms with Crippen molar-refractivity contribution in [2.24, 2.45) is 0 Å². The maximum absolute atomic E-state index is 12.8. The van der Waals surface area contributed by atoms with E-state index in [-0.39, 0.29) is 0 Å². The highest BCUT2D eigenvalue weighted by Gasteiger charge is 2.42. The van der Waals surface area contributed by atoms with Crippen LogP contribution >= 0.6 is 0 Å². The van der Waals surface area contributed by atoms with Crippen molar-refractivity contribution >= 4 is 0 Å². The first-order valence-electron chi connectivity index (χ1n) is 4.90. The molecule has 0 amide bonds. The molecule has 0 aromatic rings. The van der Waals surface area contributed by atoms with Crippen molar-refractivity contribution in [3.05, 3.63) is 46.6 Å². The number of rotatable bonds is 3. The van der Waals surface area contributed by atoms with Gasteiger partial charge in [-0.3, -0.25) is 0 Å². The lowest BCUT2D eigenvalue weighted by Gasteiger charge is -2.06. The minimum Gasteiger partial charge on any atom is -0.200 e. The van der Waals surface area contributed by atoms with Gasteiger partial charge in [0, 0.05) is 0 Å². The van der Waals surface area contributed by atoms with Crippen molar-refractivity contribution in [1.29, 1.82) is 0 Å². The van der Waals surface area contributed by atoms with Crippen molar-refractivity contribution < 1.29 is 61.5 Å². The summed E-state index contributed by atoms with van der Waals surface area (Å²) >= 11 is 0. The predicted molar refractivity (Wildman–Crippen MR) is 49.1 cm³/mol. The largest absolute Gasteiger partial charge is 0.446 e. The molecule has 0 radical (unpaired) electrons. The molecule has 0 aliphatic carbocycles. The monoisotopic (exact) mass is 386 g/mol. The zero-order valence-electron chi connectivity index (χ0n) is 10.3. The van der Waals surface area contributed by atoms with Crippen LogP contribution in [0.4, 0.5) is 61.5 Å². The van der Waals surface area contributed by atoms with Gasteiger partial charge >= 0.3 is 12.4 Å². The first-order chi connectivity index (χ1) is 10.5. The summed E-state index contributed by atoms with van der Waals surface area (Å²) in [6, 6.07) is 0. The van der Waals surface area contributed by atoms with Crippen LogP contribution in [-0.2, 0) is 0 Å². The molecule has 0 aliphatic rings. The summed E-state index contributed by atoms with van der Waals surface area (Å²) in [5, 5.41) is 0. The van der Waals surface area contributed by atoms with Crippen molar-refractivity contribution in [2.45, 2.75) is 12.4 Å². The van der Waals surface area contributed by atoms with E-state index in [1.165, 1.54) is 0 Å². The Hall–Kier alpha value is -2.02. The topological polar surface area (TPSA) is 0 Å². The number of hydrogen-bond acceptors (Lipinski definition) is 0. The van der Waals surface area contributed by atoms with E-state index in [1.807, 2.05) is 0 Å². The lowest BCUT2D eigenvalue weighted by Crippen LogP contribution is -2.10. The Morgan fingerprint density at radius 3 is 0.667 bits per heavy atom. The molecule has 24 heavy (non-hydrogen) atoms. The van der Waals surface area contributed by atoms with Crippen molar-refractivity contribution in [1.82, 2.24) is 0 Å². The molecule has 0 heterocycles. The quantitative estimate of drug-likeness (QED) is 0.374. The Balaban J connectivity index is 6.27. The molecule has 0 nitrogen and oxygen atoms in total. The highest BCUT2D eigenvalue weighted by molar-refractivity contribution is 5.39. The molecule has 0 spiro atoms. The number of allylic oxidation sites excluding steroid dienone is 8. The second-order valence-electron chi connectivity index (χ2n) is 3.51. The van der Waals surface area contributed by atoms with Crippen LogP contribution in [0.2, 0.25) is 0 Å². The summed E-state index contributed by atoms with van der Waals surface area (Å²) in [6.45, 7) is 0. The minimum atomic E-state index is -6.23. The molecular weight excluding hydrogens is 386 g/mol. The summed E-state index contributed by atoms with van der Waals surface area (Å²) < 4.78 is 170. The van der Waals surface area contributed by atoms with E-state index in [9.17, 15) is 61.5 Å². The summed E-state index contributed by atoms with van der Waals surface area (Å²) in [5.74, 6) is -30.1. The number of alkyl halides is 6. The van der Waals surface area contributed by atoms with Crippen LogP contribution < -0.4 is 0 Å². The fourth-order valence-corrected chi connectivity index (χ4v) is 0.827. The summed E-state index contributed by atoms with van der Waals surface area (Å²) in [5.41, 5.74) is 0. The molecule has 0 aliphatic heterocycles. The molecule has 0 saturated heterocycles. The molecule has 0 N–H and O–H groups in total. The van der Waals surface area contributed by atoms with Gasteiger partial charge in [0.25, 0.3) is 0 Å². The van der Waals surface area contributed by atoms with Crippen LogP contribution in [-0.4, -0.2) is 12.4 Å². The van der Waals surface area contributed by atoms with Gasteiger partial charge in [0.05, 0.1) is 0 Å². The van der Waals surface area contributed by atoms with E-state index in [0.29, 0.717) is 0 Å². The van der Waals surface area contributed by atoms with Gasteiger partial charge in [-0.15, -0.1) is 0 Å². The fourth-order valence-electron chi connectivity index (χ4n) is 0.827. The maximum Gasteiger partial charge on any atom is 0.446 e. The molecule has 14 heteroatoms. The van der Waals surface area contributed by atoms with Gasteiger partial charge in [-0.1, -0.05) is 0 Å². The third-order valence-corrected chi connectivity index (χ3v) is 1.85. The SMILES string of the molecule is FC(/C(F)=C(F)/C(F)=C(\F)C(F)(F)F)=C(F)\C(F)=C(/F)C(F)(F)F. The van der Waals surface area contributed by atoms with E-state index in [2.05, 4.69) is 0 Å². The normalized spacial score (nSPS) is 17.8. The maximum atomic E-state index is 12.8. The summed E-state index contributed by atoms with van der Waals surface area (Å²) in [4.78, 5) is 0. The van der Waals surface area contributed by atoms with Gasteiger partial charge in [-0.2, -0.15) is 35.1 Å². The van der Waals surface area contributed by atoms with Crippen LogP contribution in [0.15, 0.2) is 46.6 Å². The second kappa shape index (κ2) is 7.25. The first kappa shape index (κ1) is 22.0. The zero-order chi connectivity index (χ0) is 19.6. The third-order valence-electron chi connectivity index (χ3n) is 1.85. The van der Waals surface area contributed by atoms with Crippen molar-refractivity contribution in [2.75, 3.05) is 0 Å². The Morgan fingerprint density at radius 2 is 0.500 bits per heavy atom. The molecule has 0 fully saturated rings.